The third-order valence-corrected chi connectivity index (χ3v) is 2.66. The van der Waals surface area contributed by atoms with E-state index in [1.165, 1.54) is 11.8 Å². The Balaban J connectivity index is 2.08. The molecule has 0 saturated carbocycles. The number of nitrogens with zero attached hydrogens (tertiary/aromatic N) is 1. The second-order valence-corrected chi connectivity index (χ2v) is 3.99. The molecule has 1 aliphatic heterocycles. The first-order chi connectivity index (χ1) is 8.61. The van der Waals surface area contributed by atoms with E-state index < -0.39 is 11.7 Å². The highest BCUT2D eigenvalue weighted by atomic mass is 19.1. The van der Waals surface area contributed by atoms with Gasteiger partial charge in [0.2, 0.25) is 6.79 Å². The van der Waals surface area contributed by atoms with Gasteiger partial charge < -0.3 is 14.4 Å². The Morgan fingerprint density at radius 1 is 1.44 bits per heavy atom. The van der Waals surface area contributed by atoms with Crippen LogP contribution < -0.4 is 9.47 Å². The summed E-state index contributed by atoms with van der Waals surface area (Å²) in [4.78, 5) is 12.9. The van der Waals surface area contributed by atoms with E-state index in [-0.39, 0.29) is 6.79 Å². The molecule has 96 valence electrons. The number of halogens is 1. The van der Waals surface area contributed by atoms with E-state index in [2.05, 4.69) is 0 Å². The highest BCUT2D eigenvalue weighted by molar-refractivity contribution is 5.90. The summed E-state index contributed by atoms with van der Waals surface area (Å²) in [7, 11) is 1.55. The van der Waals surface area contributed by atoms with Crippen molar-refractivity contribution in [1.29, 1.82) is 0 Å². The van der Waals surface area contributed by atoms with Gasteiger partial charge in [0, 0.05) is 13.6 Å². The summed E-state index contributed by atoms with van der Waals surface area (Å²) in [5.74, 6) is -0.0411. The molecule has 0 N–H and O–H groups in total. The fourth-order valence-electron chi connectivity index (χ4n) is 1.69. The molecule has 1 heterocycles. The second kappa shape index (κ2) is 5.08. The van der Waals surface area contributed by atoms with E-state index in [9.17, 15) is 9.18 Å². The van der Waals surface area contributed by atoms with Crippen LogP contribution in [0.15, 0.2) is 30.1 Å². The minimum atomic E-state index is -0.752. The second-order valence-electron chi connectivity index (χ2n) is 3.99. The van der Waals surface area contributed by atoms with Gasteiger partial charge in [0.1, 0.15) is 0 Å². The fourth-order valence-corrected chi connectivity index (χ4v) is 1.69. The number of ether oxygens (including phenoxy) is 2. The standard InChI is InChI=1S/C13H14FNO3/c1-3-10(14)13(16)15(2)7-9-4-5-11-12(6-9)18-8-17-11/h3-6H,7-8H2,1-2H3/b10-3+. The first kappa shape index (κ1) is 12.4. The van der Waals surface area contributed by atoms with Crippen molar-refractivity contribution in [3.8, 4) is 11.5 Å². The van der Waals surface area contributed by atoms with Crippen molar-refractivity contribution in [2.24, 2.45) is 0 Å². The first-order valence-electron chi connectivity index (χ1n) is 5.57. The quantitative estimate of drug-likeness (QED) is 0.773. The van der Waals surface area contributed by atoms with E-state index >= 15 is 0 Å². The molecule has 0 aromatic heterocycles. The summed E-state index contributed by atoms with van der Waals surface area (Å²) in [6, 6.07) is 5.40. The normalized spacial score (nSPS) is 13.6. The van der Waals surface area contributed by atoms with Gasteiger partial charge >= 0.3 is 0 Å². The van der Waals surface area contributed by atoms with Gasteiger partial charge in [-0.25, -0.2) is 4.39 Å². The average molecular weight is 251 g/mol. The molecule has 0 unspecified atom stereocenters. The molecule has 0 bridgehead atoms. The number of fused-ring (bicyclic) bond motifs is 1. The highest BCUT2D eigenvalue weighted by Gasteiger charge is 2.17. The van der Waals surface area contributed by atoms with Crippen molar-refractivity contribution in [3.05, 3.63) is 35.7 Å². The maximum absolute atomic E-state index is 13.1. The fraction of sp³-hybridized carbons (Fsp3) is 0.308. The molecular formula is C13H14FNO3. The van der Waals surface area contributed by atoms with Gasteiger partial charge in [0.25, 0.3) is 5.91 Å². The van der Waals surface area contributed by atoms with Crippen LogP contribution >= 0.6 is 0 Å². The van der Waals surface area contributed by atoms with E-state index in [1.807, 2.05) is 6.07 Å². The molecule has 4 nitrogen and oxygen atoms in total. The van der Waals surface area contributed by atoms with E-state index in [1.54, 1.807) is 19.2 Å². The SMILES string of the molecule is C/C=C(/F)C(=O)N(C)Cc1ccc2c(c1)OCO2. The Morgan fingerprint density at radius 2 is 2.17 bits per heavy atom. The minimum Gasteiger partial charge on any atom is -0.454 e. The molecule has 0 fully saturated rings. The highest BCUT2D eigenvalue weighted by Crippen LogP contribution is 2.32. The zero-order chi connectivity index (χ0) is 13.1. The molecule has 1 amide bonds. The number of rotatable bonds is 3. The van der Waals surface area contributed by atoms with Gasteiger partial charge in [-0.2, -0.15) is 0 Å². The summed E-state index contributed by atoms with van der Waals surface area (Å²) in [6.45, 7) is 2.01. The number of amides is 1. The lowest BCUT2D eigenvalue weighted by Crippen LogP contribution is -2.26. The zero-order valence-electron chi connectivity index (χ0n) is 10.3. The molecule has 2 rings (SSSR count). The number of likely N-dealkylation sites (N-methyl/N-ethyl adjacent to an activating group) is 1. The monoisotopic (exact) mass is 251 g/mol. The number of carbonyl (C=O) groups is 1. The minimum absolute atomic E-state index is 0.209. The summed E-state index contributed by atoms with van der Waals surface area (Å²) < 4.78 is 23.6. The lowest BCUT2D eigenvalue weighted by Gasteiger charge is -2.16. The van der Waals surface area contributed by atoms with Crippen LogP contribution in [0, 0.1) is 0 Å². The Kier molecular flexibility index (Phi) is 3.50. The lowest BCUT2D eigenvalue weighted by atomic mass is 10.2. The molecule has 0 saturated heterocycles. The van der Waals surface area contributed by atoms with Gasteiger partial charge in [-0.15, -0.1) is 0 Å². The molecule has 0 spiro atoms. The summed E-state index contributed by atoms with van der Waals surface area (Å²) >= 11 is 0. The van der Waals surface area contributed by atoms with E-state index in [4.69, 9.17) is 9.47 Å². The van der Waals surface area contributed by atoms with E-state index in [0.29, 0.717) is 18.0 Å². The van der Waals surface area contributed by atoms with E-state index in [0.717, 1.165) is 11.6 Å². The van der Waals surface area contributed by atoms with Crippen molar-refractivity contribution in [3.63, 3.8) is 0 Å². The van der Waals surface area contributed by atoms with Crippen LogP contribution in [0.3, 0.4) is 0 Å². The number of hydrogen-bond donors (Lipinski definition) is 0. The van der Waals surface area contributed by atoms with Crippen molar-refractivity contribution in [2.45, 2.75) is 13.5 Å². The third-order valence-electron chi connectivity index (χ3n) is 2.66. The van der Waals surface area contributed by atoms with Crippen LogP contribution in [0.4, 0.5) is 4.39 Å². The zero-order valence-corrected chi connectivity index (χ0v) is 10.3. The number of carbonyl (C=O) groups excluding carboxylic acids is 1. The topological polar surface area (TPSA) is 38.8 Å². The van der Waals surface area contributed by atoms with Crippen LogP contribution in [0.25, 0.3) is 0 Å². The lowest BCUT2D eigenvalue weighted by molar-refractivity contribution is -0.127. The average Bonchev–Trinajstić information content (AvgIpc) is 2.84. The molecule has 0 atom stereocenters. The van der Waals surface area contributed by atoms with Crippen molar-refractivity contribution in [1.82, 2.24) is 4.90 Å². The van der Waals surface area contributed by atoms with Crippen LogP contribution in [0.2, 0.25) is 0 Å². The van der Waals surface area contributed by atoms with Gasteiger partial charge in [-0.3, -0.25) is 4.79 Å². The van der Waals surface area contributed by atoms with Crippen LogP contribution in [-0.4, -0.2) is 24.6 Å². The Hall–Kier alpha value is -2.04. The maximum atomic E-state index is 13.1. The molecular weight excluding hydrogens is 237 g/mol. The molecule has 5 heteroatoms. The Morgan fingerprint density at radius 3 is 2.89 bits per heavy atom. The van der Waals surface area contributed by atoms with Crippen LogP contribution in [0.5, 0.6) is 11.5 Å². The predicted molar refractivity (Wildman–Crippen MR) is 63.9 cm³/mol. The molecule has 0 radical (unpaired) electrons. The van der Waals surface area contributed by atoms with Crippen molar-refractivity contribution in [2.75, 3.05) is 13.8 Å². The Bertz CT molecular complexity index is 499. The van der Waals surface area contributed by atoms with Gasteiger partial charge in [0.05, 0.1) is 0 Å². The summed E-state index contributed by atoms with van der Waals surface area (Å²) in [5, 5.41) is 0. The number of hydrogen-bond acceptors (Lipinski definition) is 3. The van der Waals surface area contributed by atoms with Crippen molar-refractivity contribution >= 4 is 5.91 Å². The number of benzene rings is 1. The molecule has 1 aromatic carbocycles. The Labute approximate surface area is 105 Å². The summed E-state index contributed by atoms with van der Waals surface area (Å²) in [6.07, 6.45) is 1.15. The first-order valence-corrected chi connectivity index (χ1v) is 5.57. The van der Waals surface area contributed by atoms with Crippen LogP contribution in [-0.2, 0) is 11.3 Å². The van der Waals surface area contributed by atoms with Gasteiger partial charge in [-0.1, -0.05) is 6.07 Å². The molecule has 1 aromatic rings. The largest absolute Gasteiger partial charge is 0.454 e. The van der Waals surface area contributed by atoms with Crippen LogP contribution in [0.1, 0.15) is 12.5 Å². The van der Waals surface area contributed by atoms with Gasteiger partial charge in [-0.05, 0) is 30.7 Å². The smallest absolute Gasteiger partial charge is 0.282 e. The van der Waals surface area contributed by atoms with Crippen molar-refractivity contribution < 1.29 is 18.7 Å². The third kappa shape index (κ3) is 2.45. The van der Waals surface area contributed by atoms with Gasteiger partial charge in [0.15, 0.2) is 17.3 Å². The maximum Gasteiger partial charge on any atom is 0.282 e. The number of allylic oxidation sites excluding steroid dienone is 1. The molecule has 0 aliphatic carbocycles. The molecule has 1 aliphatic rings. The summed E-state index contributed by atoms with van der Waals surface area (Å²) in [5.41, 5.74) is 0.860. The molecule has 18 heavy (non-hydrogen) atoms. The predicted octanol–water partition coefficient (Wildman–Crippen LogP) is 2.25.